The molecule has 18 heavy (non-hydrogen) atoms. The molecule has 0 aliphatic heterocycles. The number of halogens is 1. The minimum atomic E-state index is -0.392. The smallest absolute Gasteiger partial charge is 0.0841 e. The summed E-state index contributed by atoms with van der Waals surface area (Å²) in [4.78, 5) is 1.22. The Bertz CT molecular complexity index is 545. The number of rotatable bonds is 4. The van der Waals surface area contributed by atoms with Crippen LogP contribution in [-0.2, 0) is 6.42 Å². The van der Waals surface area contributed by atoms with Gasteiger partial charge in [-0.25, -0.2) is 0 Å². The monoisotopic (exact) mass is 322 g/mol. The molecule has 1 aliphatic rings. The van der Waals surface area contributed by atoms with Gasteiger partial charge in [-0.15, -0.1) is 11.3 Å². The molecule has 0 radical (unpaired) electrons. The van der Waals surface area contributed by atoms with Gasteiger partial charge in [-0.2, -0.15) is 0 Å². The van der Waals surface area contributed by atoms with Crippen molar-refractivity contribution in [1.82, 2.24) is 0 Å². The molecule has 0 saturated heterocycles. The first-order valence-electron chi connectivity index (χ1n) is 6.24. The highest BCUT2D eigenvalue weighted by molar-refractivity contribution is 9.10. The van der Waals surface area contributed by atoms with E-state index in [1.54, 1.807) is 11.3 Å². The molecule has 1 aromatic carbocycles. The van der Waals surface area contributed by atoms with Crippen molar-refractivity contribution in [3.05, 3.63) is 56.2 Å². The Morgan fingerprint density at radius 2 is 2.06 bits per heavy atom. The van der Waals surface area contributed by atoms with Crippen molar-refractivity contribution in [2.75, 3.05) is 0 Å². The first-order valence-corrected chi connectivity index (χ1v) is 7.91. The van der Waals surface area contributed by atoms with E-state index in [4.69, 9.17) is 0 Å². The second-order valence-electron chi connectivity index (χ2n) is 4.81. The summed E-state index contributed by atoms with van der Waals surface area (Å²) in [7, 11) is 0. The fourth-order valence-corrected chi connectivity index (χ4v) is 3.89. The van der Waals surface area contributed by atoms with Crippen molar-refractivity contribution >= 4 is 27.3 Å². The van der Waals surface area contributed by atoms with E-state index in [1.807, 2.05) is 12.1 Å². The number of hydrogen-bond donors (Lipinski definition) is 1. The van der Waals surface area contributed by atoms with Crippen LogP contribution in [-0.4, -0.2) is 5.11 Å². The summed E-state index contributed by atoms with van der Waals surface area (Å²) in [5.41, 5.74) is 2.46. The summed E-state index contributed by atoms with van der Waals surface area (Å²) in [6.45, 7) is 0. The molecule has 1 heterocycles. The van der Waals surface area contributed by atoms with Crippen molar-refractivity contribution in [2.45, 2.75) is 31.3 Å². The minimum absolute atomic E-state index is 0.392. The zero-order valence-electron chi connectivity index (χ0n) is 9.97. The quantitative estimate of drug-likeness (QED) is 0.867. The van der Waals surface area contributed by atoms with Gasteiger partial charge in [-0.1, -0.05) is 24.3 Å². The molecule has 1 nitrogen and oxygen atoms in total. The molecule has 1 aliphatic carbocycles. The van der Waals surface area contributed by atoms with Crippen molar-refractivity contribution in [1.29, 1.82) is 0 Å². The van der Waals surface area contributed by atoms with Gasteiger partial charge < -0.3 is 5.11 Å². The molecule has 0 bridgehead atoms. The number of aliphatic hydroxyl groups excluding tert-OH is 1. The van der Waals surface area contributed by atoms with Gasteiger partial charge in [0.1, 0.15) is 0 Å². The molecule has 94 valence electrons. The molecule has 1 atom stereocenters. The summed E-state index contributed by atoms with van der Waals surface area (Å²) in [6, 6.07) is 10.4. The SMILES string of the molecule is OC(Cc1sccc1Br)c1ccccc1C1CC1. The van der Waals surface area contributed by atoms with Gasteiger partial charge in [-0.3, -0.25) is 0 Å². The maximum absolute atomic E-state index is 10.5. The highest BCUT2D eigenvalue weighted by Gasteiger charge is 2.27. The predicted molar refractivity (Wildman–Crippen MR) is 79.1 cm³/mol. The predicted octanol–water partition coefficient (Wildman–Crippen LogP) is 4.66. The lowest BCUT2D eigenvalue weighted by Gasteiger charge is -2.15. The highest BCUT2D eigenvalue weighted by Crippen LogP contribution is 2.43. The van der Waals surface area contributed by atoms with E-state index < -0.39 is 6.10 Å². The van der Waals surface area contributed by atoms with E-state index in [0.717, 1.165) is 10.0 Å². The van der Waals surface area contributed by atoms with Gasteiger partial charge in [0.05, 0.1) is 6.10 Å². The first kappa shape index (κ1) is 12.4. The van der Waals surface area contributed by atoms with Crippen molar-refractivity contribution in [2.24, 2.45) is 0 Å². The molecule has 1 fully saturated rings. The Balaban J connectivity index is 1.84. The Hall–Kier alpha value is -0.640. The van der Waals surface area contributed by atoms with E-state index in [9.17, 15) is 5.11 Å². The summed E-state index contributed by atoms with van der Waals surface area (Å²) in [5, 5.41) is 12.5. The van der Waals surface area contributed by atoms with Crippen molar-refractivity contribution in [3.8, 4) is 0 Å². The lowest BCUT2D eigenvalue weighted by molar-refractivity contribution is 0.178. The lowest BCUT2D eigenvalue weighted by atomic mass is 9.97. The van der Waals surface area contributed by atoms with Gasteiger partial charge in [0.25, 0.3) is 0 Å². The average molecular weight is 323 g/mol. The third kappa shape index (κ3) is 2.53. The van der Waals surface area contributed by atoms with E-state index in [0.29, 0.717) is 12.3 Å². The van der Waals surface area contributed by atoms with Crippen molar-refractivity contribution < 1.29 is 5.11 Å². The summed E-state index contributed by atoms with van der Waals surface area (Å²) < 4.78 is 1.11. The maximum Gasteiger partial charge on any atom is 0.0841 e. The maximum atomic E-state index is 10.5. The molecule has 1 saturated carbocycles. The molecule has 3 rings (SSSR count). The van der Waals surface area contributed by atoms with Crippen LogP contribution in [0.15, 0.2) is 40.2 Å². The van der Waals surface area contributed by atoms with Gasteiger partial charge in [0.15, 0.2) is 0 Å². The zero-order valence-corrected chi connectivity index (χ0v) is 12.4. The normalized spacial score (nSPS) is 16.8. The standard InChI is InChI=1S/C15H15BrOS/c16-13-7-8-18-15(13)9-14(17)12-4-2-1-3-11(12)10-5-6-10/h1-4,7-8,10,14,17H,5-6,9H2. The Morgan fingerprint density at radius 1 is 1.28 bits per heavy atom. The van der Waals surface area contributed by atoms with Crippen LogP contribution in [0.5, 0.6) is 0 Å². The molecule has 0 spiro atoms. The zero-order chi connectivity index (χ0) is 12.5. The molecule has 1 unspecified atom stereocenters. The van der Waals surface area contributed by atoms with Crippen LogP contribution < -0.4 is 0 Å². The van der Waals surface area contributed by atoms with Gasteiger partial charge in [0.2, 0.25) is 0 Å². The topological polar surface area (TPSA) is 20.2 Å². The first-order chi connectivity index (χ1) is 8.75. The fourth-order valence-electron chi connectivity index (χ4n) is 2.34. The molecule has 1 aromatic heterocycles. The molecule has 0 amide bonds. The molecule has 1 N–H and O–H groups in total. The number of thiophene rings is 1. The molecular formula is C15H15BrOS. The fraction of sp³-hybridized carbons (Fsp3) is 0.333. The summed E-state index contributed by atoms with van der Waals surface area (Å²) in [5.74, 6) is 0.683. The average Bonchev–Trinajstić information content (AvgIpc) is 3.15. The van der Waals surface area contributed by atoms with Crippen LogP contribution in [0.1, 0.15) is 40.9 Å². The van der Waals surface area contributed by atoms with Gasteiger partial charge in [0, 0.05) is 15.8 Å². The Kier molecular flexibility index (Phi) is 3.55. The molecular weight excluding hydrogens is 308 g/mol. The van der Waals surface area contributed by atoms with E-state index >= 15 is 0 Å². The number of aliphatic hydroxyl groups is 1. The lowest BCUT2D eigenvalue weighted by Crippen LogP contribution is -2.04. The second-order valence-corrected chi connectivity index (χ2v) is 6.67. The van der Waals surface area contributed by atoms with Crippen LogP contribution in [0, 0.1) is 0 Å². The third-order valence-corrected chi connectivity index (χ3v) is 5.39. The Labute approximate surface area is 120 Å². The van der Waals surface area contributed by atoms with Crippen molar-refractivity contribution in [3.63, 3.8) is 0 Å². The van der Waals surface area contributed by atoms with Gasteiger partial charge in [-0.05, 0) is 57.3 Å². The van der Waals surface area contributed by atoms with E-state index in [2.05, 4.69) is 39.5 Å². The van der Waals surface area contributed by atoms with Gasteiger partial charge >= 0.3 is 0 Å². The number of benzene rings is 1. The summed E-state index contributed by atoms with van der Waals surface area (Å²) >= 11 is 5.22. The van der Waals surface area contributed by atoms with Crippen LogP contribution in [0.2, 0.25) is 0 Å². The van der Waals surface area contributed by atoms with Crippen LogP contribution >= 0.6 is 27.3 Å². The summed E-state index contributed by atoms with van der Waals surface area (Å²) in [6.07, 6.45) is 2.85. The van der Waals surface area contributed by atoms with Crippen LogP contribution in [0.3, 0.4) is 0 Å². The largest absolute Gasteiger partial charge is 0.388 e. The second kappa shape index (κ2) is 5.16. The highest BCUT2D eigenvalue weighted by atomic mass is 79.9. The number of hydrogen-bond acceptors (Lipinski definition) is 2. The molecule has 3 heteroatoms. The third-order valence-electron chi connectivity index (χ3n) is 3.44. The minimum Gasteiger partial charge on any atom is -0.388 e. The van der Waals surface area contributed by atoms with Crippen LogP contribution in [0.4, 0.5) is 0 Å². The van der Waals surface area contributed by atoms with E-state index in [1.165, 1.54) is 23.3 Å². The van der Waals surface area contributed by atoms with E-state index in [-0.39, 0.29) is 0 Å². The van der Waals surface area contributed by atoms with Crippen LogP contribution in [0.25, 0.3) is 0 Å². The molecule has 2 aromatic rings. The Morgan fingerprint density at radius 3 is 2.72 bits per heavy atom.